The largest absolute Gasteiger partial charge is 0.324 e. The average Bonchev–Trinajstić information content (AvgIpc) is 2.61. The molecule has 0 radical (unpaired) electrons. The van der Waals surface area contributed by atoms with Crippen LogP contribution in [-0.4, -0.2) is 33.1 Å². The molecule has 0 aliphatic carbocycles. The molecule has 3 aromatic rings. The molecule has 0 aliphatic rings. The third-order valence-corrected chi connectivity index (χ3v) is 5.69. The maximum absolute atomic E-state index is 11.5. The molecule has 0 spiro atoms. The Morgan fingerprint density at radius 3 is 2.26 bits per heavy atom. The van der Waals surface area contributed by atoms with E-state index in [1.54, 1.807) is 36.5 Å². The minimum atomic E-state index is -3.81. The summed E-state index contributed by atoms with van der Waals surface area (Å²) in [4.78, 5) is 8.67. The molecule has 0 saturated heterocycles. The minimum Gasteiger partial charge on any atom is -0.324 e. The Morgan fingerprint density at radius 2 is 1.63 bits per heavy atom. The molecule has 1 aromatic heterocycles. The zero-order valence-electron chi connectivity index (χ0n) is 14.2. The van der Waals surface area contributed by atoms with Gasteiger partial charge in [-0.1, -0.05) is 18.2 Å². The summed E-state index contributed by atoms with van der Waals surface area (Å²) < 4.78 is 46.0. The Balaban J connectivity index is 1.88. The summed E-state index contributed by atoms with van der Waals surface area (Å²) in [7, 11) is -7.09. The zero-order valence-corrected chi connectivity index (χ0v) is 15.8. The highest BCUT2D eigenvalue weighted by atomic mass is 32.2. The third-order valence-electron chi connectivity index (χ3n) is 3.65. The number of anilines is 2. The Kier molecular flexibility index (Phi) is 4.96. The molecule has 3 rings (SSSR count). The molecule has 10 heteroatoms. The van der Waals surface area contributed by atoms with Gasteiger partial charge in [-0.15, -0.1) is 0 Å². The number of hydrogen-bond donors (Lipinski definition) is 2. The van der Waals surface area contributed by atoms with E-state index < -0.39 is 19.9 Å². The van der Waals surface area contributed by atoms with Crippen molar-refractivity contribution in [3.05, 3.63) is 60.8 Å². The Hall–Kier alpha value is -2.82. The van der Waals surface area contributed by atoms with Crippen LogP contribution in [0, 0.1) is 0 Å². The van der Waals surface area contributed by atoms with E-state index in [4.69, 9.17) is 5.14 Å². The van der Waals surface area contributed by atoms with E-state index in [1.807, 2.05) is 0 Å². The van der Waals surface area contributed by atoms with E-state index in [0.717, 1.165) is 6.26 Å². The number of nitrogens with zero attached hydrogens (tertiary/aromatic N) is 2. The molecular formula is C17H16N4O4S2. The van der Waals surface area contributed by atoms with Crippen molar-refractivity contribution < 1.29 is 16.8 Å². The predicted molar refractivity (Wildman–Crippen MR) is 102 cm³/mol. The second-order valence-corrected chi connectivity index (χ2v) is 9.34. The van der Waals surface area contributed by atoms with Crippen LogP contribution in [0.3, 0.4) is 0 Å². The van der Waals surface area contributed by atoms with Crippen molar-refractivity contribution in [2.45, 2.75) is 9.79 Å². The highest BCUT2D eigenvalue weighted by Crippen LogP contribution is 2.22. The van der Waals surface area contributed by atoms with Crippen LogP contribution in [0.15, 0.2) is 70.6 Å². The van der Waals surface area contributed by atoms with Crippen LogP contribution in [0.5, 0.6) is 0 Å². The van der Waals surface area contributed by atoms with Gasteiger partial charge in [-0.3, -0.25) is 0 Å². The van der Waals surface area contributed by atoms with Crippen LogP contribution >= 0.6 is 0 Å². The molecule has 0 fully saturated rings. The monoisotopic (exact) mass is 404 g/mol. The third kappa shape index (κ3) is 4.67. The van der Waals surface area contributed by atoms with Crippen molar-refractivity contribution in [1.82, 2.24) is 9.97 Å². The van der Waals surface area contributed by atoms with Gasteiger partial charge in [0.25, 0.3) is 0 Å². The van der Waals surface area contributed by atoms with Gasteiger partial charge >= 0.3 is 0 Å². The molecule has 0 aliphatic heterocycles. The Morgan fingerprint density at radius 1 is 0.926 bits per heavy atom. The molecule has 27 heavy (non-hydrogen) atoms. The van der Waals surface area contributed by atoms with Crippen molar-refractivity contribution >= 4 is 31.5 Å². The summed E-state index contributed by atoms with van der Waals surface area (Å²) in [6, 6.07) is 14.0. The maximum atomic E-state index is 11.5. The normalized spacial score (nSPS) is 11.9. The van der Waals surface area contributed by atoms with Crippen molar-refractivity contribution in [3.63, 3.8) is 0 Å². The molecule has 140 valence electrons. The van der Waals surface area contributed by atoms with E-state index in [9.17, 15) is 16.8 Å². The van der Waals surface area contributed by atoms with Crippen LogP contribution in [0.2, 0.25) is 0 Å². The highest BCUT2D eigenvalue weighted by molar-refractivity contribution is 7.90. The first-order valence-corrected chi connectivity index (χ1v) is 11.1. The fourth-order valence-electron chi connectivity index (χ4n) is 2.33. The lowest BCUT2D eigenvalue weighted by molar-refractivity contribution is 0.597. The molecule has 0 unspecified atom stereocenters. The smallest absolute Gasteiger partial charge is 0.238 e. The molecule has 3 N–H and O–H groups in total. The first kappa shape index (κ1) is 19.0. The lowest BCUT2D eigenvalue weighted by Crippen LogP contribution is -2.12. The van der Waals surface area contributed by atoms with Crippen LogP contribution in [-0.2, 0) is 19.9 Å². The van der Waals surface area contributed by atoms with E-state index in [0.29, 0.717) is 16.9 Å². The predicted octanol–water partition coefficient (Wildman–Crippen LogP) is 1.94. The van der Waals surface area contributed by atoms with Crippen LogP contribution in [0.4, 0.5) is 11.6 Å². The second kappa shape index (κ2) is 7.06. The summed E-state index contributed by atoms with van der Waals surface area (Å²) in [5, 5.41) is 8.06. The van der Waals surface area contributed by atoms with E-state index >= 15 is 0 Å². The number of hydrogen-bond acceptors (Lipinski definition) is 7. The number of benzene rings is 2. The van der Waals surface area contributed by atoms with E-state index in [1.165, 1.54) is 24.3 Å². The van der Waals surface area contributed by atoms with Gasteiger partial charge in [-0.2, -0.15) is 0 Å². The van der Waals surface area contributed by atoms with Gasteiger partial charge in [0.2, 0.25) is 16.0 Å². The number of rotatable bonds is 5. The first-order chi connectivity index (χ1) is 12.6. The fraction of sp³-hybridized carbons (Fsp3) is 0.0588. The molecule has 2 aromatic carbocycles. The maximum Gasteiger partial charge on any atom is 0.238 e. The van der Waals surface area contributed by atoms with Crippen LogP contribution in [0.1, 0.15) is 0 Å². The quantitative estimate of drug-likeness (QED) is 0.664. The zero-order chi connectivity index (χ0) is 19.7. The van der Waals surface area contributed by atoms with Gasteiger partial charge in [0, 0.05) is 23.7 Å². The number of aromatic nitrogens is 2. The number of nitrogens with two attached hydrogens (primary N) is 1. The minimum absolute atomic E-state index is 0.0278. The Bertz CT molecular complexity index is 1190. The molecule has 0 amide bonds. The van der Waals surface area contributed by atoms with Gasteiger partial charge in [0.05, 0.1) is 15.5 Å². The molecule has 0 bridgehead atoms. The number of sulfonamides is 1. The number of sulfone groups is 1. The van der Waals surface area contributed by atoms with Crippen LogP contribution < -0.4 is 10.5 Å². The van der Waals surface area contributed by atoms with Gasteiger partial charge in [-0.25, -0.2) is 31.9 Å². The van der Waals surface area contributed by atoms with E-state index in [-0.39, 0.29) is 15.7 Å². The molecule has 1 heterocycles. The van der Waals surface area contributed by atoms with E-state index in [2.05, 4.69) is 15.3 Å². The van der Waals surface area contributed by atoms with Crippen molar-refractivity contribution in [3.8, 4) is 11.3 Å². The van der Waals surface area contributed by atoms with Gasteiger partial charge in [-0.05, 0) is 36.4 Å². The fourth-order valence-corrected chi connectivity index (χ4v) is 3.52. The first-order valence-electron chi connectivity index (χ1n) is 7.66. The number of primary sulfonamides is 1. The van der Waals surface area contributed by atoms with Gasteiger partial charge in [0.1, 0.15) is 0 Å². The average molecular weight is 404 g/mol. The summed E-state index contributed by atoms with van der Waals surface area (Å²) in [5.41, 5.74) is 1.76. The summed E-state index contributed by atoms with van der Waals surface area (Å²) >= 11 is 0. The molecular weight excluding hydrogens is 388 g/mol. The van der Waals surface area contributed by atoms with Crippen molar-refractivity contribution in [2.75, 3.05) is 11.6 Å². The second-order valence-electron chi connectivity index (χ2n) is 5.76. The summed E-state index contributed by atoms with van der Waals surface area (Å²) in [5.74, 6) is 0.256. The summed E-state index contributed by atoms with van der Waals surface area (Å²) in [6.07, 6.45) is 2.68. The standard InChI is InChI=1S/C17H16N4O4S2/c1-26(22,23)14-7-5-12(6-8-14)16-9-10-19-17(21-16)20-13-3-2-4-15(11-13)27(18,24)25/h2-11H,1H3,(H2,18,24,25)(H,19,20,21). The topological polar surface area (TPSA) is 132 Å². The summed E-state index contributed by atoms with van der Waals surface area (Å²) in [6.45, 7) is 0. The Labute approximate surface area is 157 Å². The lowest BCUT2D eigenvalue weighted by atomic mass is 10.1. The van der Waals surface area contributed by atoms with Gasteiger partial charge in [0.15, 0.2) is 9.84 Å². The molecule has 0 atom stereocenters. The highest BCUT2D eigenvalue weighted by Gasteiger charge is 2.10. The van der Waals surface area contributed by atoms with Crippen LogP contribution in [0.25, 0.3) is 11.3 Å². The van der Waals surface area contributed by atoms with Gasteiger partial charge < -0.3 is 5.32 Å². The van der Waals surface area contributed by atoms with Crippen molar-refractivity contribution in [1.29, 1.82) is 0 Å². The molecule has 8 nitrogen and oxygen atoms in total. The van der Waals surface area contributed by atoms with Crippen molar-refractivity contribution in [2.24, 2.45) is 5.14 Å². The molecule has 0 saturated carbocycles. The number of nitrogens with one attached hydrogen (secondary N) is 1. The lowest BCUT2D eigenvalue weighted by Gasteiger charge is -2.08. The SMILES string of the molecule is CS(=O)(=O)c1ccc(-c2ccnc(Nc3cccc(S(N)(=O)=O)c3)n2)cc1.